The van der Waals surface area contributed by atoms with Gasteiger partial charge in [0.15, 0.2) is 0 Å². The molecule has 0 saturated heterocycles. The predicted octanol–water partition coefficient (Wildman–Crippen LogP) is 2.42. The molecular formula is C12H12F2N2O. The van der Waals surface area contributed by atoms with Crippen LogP contribution in [0, 0.1) is 18.6 Å². The number of rotatable bonds is 3. The first-order valence-corrected chi connectivity index (χ1v) is 5.07. The normalized spacial score (nSPS) is 12.7. The summed E-state index contributed by atoms with van der Waals surface area (Å²) < 4.78 is 31.4. The Morgan fingerprint density at radius 1 is 1.12 bits per heavy atom. The quantitative estimate of drug-likeness (QED) is 0.637. The maximum absolute atomic E-state index is 13.1. The SMILES string of the molecule is Cc1cc(C(NN)c2cc(F)cc(F)c2)co1. The summed E-state index contributed by atoms with van der Waals surface area (Å²) in [7, 11) is 0. The molecule has 0 bridgehead atoms. The highest BCUT2D eigenvalue weighted by Crippen LogP contribution is 2.24. The molecule has 0 spiro atoms. The second kappa shape index (κ2) is 4.65. The minimum atomic E-state index is -0.638. The van der Waals surface area contributed by atoms with Gasteiger partial charge in [0, 0.05) is 11.6 Å². The largest absolute Gasteiger partial charge is 0.469 e. The Labute approximate surface area is 97.2 Å². The Bertz CT molecular complexity index is 505. The number of nitrogens with two attached hydrogens (primary N) is 1. The van der Waals surface area contributed by atoms with E-state index in [1.165, 1.54) is 18.4 Å². The number of hydrazine groups is 1. The molecular weight excluding hydrogens is 226 g/mol. The van der Waals surface area contributed by atoms with E-state index in [0.29, 0.717) is 11.3 Å². The molecule has 5 heteroatoms. The summed E-state index contributed by atoms with van der Waals surface area (Å²) in [5.74, 6) is 4.84. The number of nitrogens with one attached hydrogen (secondary N) is 1. The van der Waals surface area contributed by atoms with Crippen LogP contribution in [-0.4, -0.2) is 0 Å². The van der Waals surface area contributed by atoms with Crippen molar-refractivity contribution in [1.82, 2.24) is 5.43 Å². The van der Waals surface area contributed by atoms with E-state index < -0.39 is 17.7 Å². The van der Waals surface area contributed by atoms with Crippen LogP contribution in [-0.2, 0) is 0 Å². The van der Waals surface area contributed by atoms with E-state index in [2.05, 4.69) is 5.43 Å². The van der Waals surface area contributed by atoms with Gasteiger partial charge in [-0.15, -0.1) is 0 Å². The third-order valence-corrected chi connectivity index (χ3v) is 2.47. The zero-order chi connectivity index (χ0) is 12.4. The average molecular weight is 238 g/mol. The van der Waals surface area contributed by atoms with E-state index >= 15 is 0 Å². The van der Waals surface area contributed by atoms with Crippen molar-refractivity contribution in [2.24, 2.45) is 5.84 Å². The molecule has 0 aliphatic heterocycles. The first kappa shape index (κ1) is 11.8. The van der Waals surface area contributed by atoms with Crippen LogP contribution in [0.4, 0.5) is 8.78 Å². The molecule has 3 N–H and O–H groups in total. The van der Waals surface area contributed by atoms with Crippen molar-refractivity contribution < 1.29 is 13.2 Å². The molecule has 90 valence electrons. The summed E-state index contributed by atoms with van der Waals surface area (Å²) in [6.45, 7) is 1.78. The molecule has 2 aromatic rings. The van der Waals surface area contributed by atoms with Crippen molar-refractivity contribution in [3.8, 4) is 0 Å². The Balaban J connectivity index is 2.41. The van der Waals surface area contributed by atoms with Crippen LogP contribution >= 0.6 is 0 Å². The van der Waals surface area contributed by atoms with Gasteiger partial charge in [-0.1, -0.05) is 0 Å². The van der Waals surface area contributed by atoms with Crippen molar-refractivity contribution in [1.29, 1.82) is 0 Å². The molecule has 0 aliphatic carbocycles. The summed E-state index contributed by atoms with van der Waals surface area (Å²) in [5.41, 5.74) is 3.63. The van der Waals surface area contributed by atoms with E-state index in [4.69, 9.17) is 10.3 Å². The molecule has 0 saturated carbocycles. The highest BCUT2D eigenvalue weighted by Gasteiger charge is 2.16. The van der Waals surface area contributed by atoms with Crippen molar-refractivity contribution in [2.45, 2.75) is 13.0 Å². The first-order chi connectivity index (χ1) is 8.10. The van der Waals surface area contributed by atoms with E-state index in [-0.39, 0.29) is 0 Å². The lowest BCUT2D eigenvalue weighted by atomic mass is 10.0. The van der Waals surface area contributed by atoms with Crippen LogP contribution in [0.15, 0.2) is 34.9 Å². The van der Waals surface area contributed by atoms with Gasteiger partial charge in [0.1, 0.15) is 17.4 Å². The third kappa shape index (κ3) is 2.51. The van der Waals surface area contributed by atoms with Gasteiger partial charge < -0.3 is 4.42 Å². The van der Waals surface area contributed by atoms with Gasteiger partial charge in [-0.25, -0.2) is 14.2 Å². The molecule has 0 fully saturated rings. The summed E-state index contributed by atoms with van der Waals surface area (Å²) in [6, 6.07) is 4.54. The fraction of sp³-hybridized carbons (Fsp3) is 0.167. The van der Waals surface area contributed by atoms with E-state index in [1.807, 2.05) is 0 Å². The van der Waals surface area contributed by atoms with Gasteiger partial charge in [0.25, 0.3) is 0 Å². The van der Waals surface area contributed by atoms with Crippen LogP contribution in [0.3, 0.4) is 0 Å². The molecule has 1 unspecified atom stereocenters. The maximum atomic E-state index is 13.1. The Hall–Kier alpha value is -1.72. The monoisotopic (exact) mass is 238 g/mol. The molecule has 2 rings (SSSR count). The lowest BCUT2D eigenvalue weighted by molar-refractivity contribution is 0.524. The van der Waals surface area contributed by atoms with Gasteiger partial charge in [-0.2, -0.15) is 0 Å². The molecule has 1 heterocycles. The highest BCUT2D eigenvalue weighted by molar-refractivity contribution is 5.31. The summed E-state index contributed by atoms with van der Waals surface area (Å²) in [5, 5.41) is 0. The van der Waals surface area contributed by atoms with Crippen molar-refractivity contribution in [3.05, 3.63) is 59.1 Å². The lowest BCUT2D eigenvalue weighted by Gasteiger charge is -2.14. The number of furan rings is 1. The van der Waals surface area contributed by atoms with Gasteiger partial charge in [-0.05, 0) is 30.7 Å². The summed E-state index contributed by atoms with van der Waals surface area (Å²) >= 11 is 0. The van der Waals surface area contributed by atoms with Gasteiger partial charge in [0.05, 0.1) is 12.3 Å². The molecule has 1 aromatic heterocycles. The zero-order valence-corrected chi connectivity index (χ0v) is 9.21. The smallest absolute Gasteiger partial charge is 0.126 e. The van der Waals surface area contributed by atoms with Gasteiger partial charge in [0.2, 0.25) is 0 Å². The third-order valence-electron chi connectivity index (χ3n) is 2.47. The highest BCUT2D eigenvalue weighted by atomic mass is 19.1. The molecule has 17 heavy (non-hydrogen) atoms. The number of halogens is 2. The van der Waals surface area contributed by atoms with Crippen LogP contribution in [0.5, 0.6) is 0 Å². The van der Waals surface area contributed by atoms with E-state index in [1.54, 1.807) is 13.0 Å². The van der Waals surface area contributed by atoms with Crippen LogP contribution in [0.25, 0.3) is 0 Å². The zero-order valence-electron chi connectivity index (χ0n) is 9.21. The van der Waals surface area contributed by atoms with Crippen molar-refractivity contribution in [2.75, 3.05) is 0 Å². The molecule has 3 nitrogen and oxygen atoms in total. The van der Waals surface area contributed by atoms with E-state index in [0.717, 1.165) is 11.6 Å². The second-order valence-corrected chi connectivity index (χ2v) is 3.79. The minimum Gasteiger partial charge on any atom is -0.469 e. The first-order valence-electron chi connectivity index (χ1n) is 5.07. The maximum Gasteiger partial charge on any atom is 0.126 e. The van der Waals surface area contributed by atoms with Gasteiger partial charge >= 0.3 is 0 Å². The fourth-order valence-electron chi connectivity index (χ4n) is 1.74. The fourth-order valence-corrected chi connectivity index (χ4v) is 1.74. The number of hydrogen-bond donors (Lipinski definition) is 2. The molecule has 0 amide bonds. The Kier molecular flexibility index (Phi) is 3.21. The van der Waals surface area contributed by atoms with E-state index in [9.17, 15) is 8.78 Å². The topological polar surface area (TPSA) is 51.2 Å². The van der Waals surface area contributed by atoms with Crippen molar-refractivity contribution in [3.63, 3.8) is 0 Å². The Morgan fingerprint density at radius 2 is 1.76 bits per heavy atom. The number of aryl methyl sites for hydroxylation is 1. The minimum absolute atomic E-state index is 0.408. The predicted molar refractivity (Wildman–Crippen MR) is 59.0 cm³/mol. The van der Waals surface area contributed by atoms with Crippen LogP contribution < -0.4 is 11.3 Å². The number of benzene rings is 1. The van der Waals surface area contributed by atoms with Crippen molar-refractivity contribution >= 4 is 0 Å². The molecule has 0 radical (unpaired) electrons. The molecule has 1 aromatic carbocycles. The molecule has 0 aliphatic rings. The van der Waals surface area contributed by atoms with Crippen LogP contribution in [0.1, 0.15) is 22.9 Å². The second-order valence-electron chi connectivity index (χ2n) is 3.79. The Morgan fingerprint density at radius 3 is 2.24 bits per heavy atom. The summed E-state index contributed by atoms with van der Waals surface area (Å²) in [4.78, 5) is 0. The van der Waals surface area contributed by atoms with Crippen LogP contribution in [0.2, 0.25) is 0 Å². The average Bonchev–Trinajstić information content (AvgIpc) is 2.64. The lowest BCUT2D eigenvalue weighted by Crippen LogP contribution is -2.28. The molecule has 1 atom stereocenters. The summed E-state index contributed by atoms with van der Waals surface area (Å²) in [6.07, 6.45) is 1.50. The standard InChI is InChI=1S/C12H12F2N2O/c1-7-2-9(6-17-7)12(16-15)8-3-10(13)5-11(14)4-8/h2-6,12,16H,15H2,1H3. The number of hydrogen-bond acceptors (Lipinski definition) is 3. The van der Waals surface area contributed by atoms with Gasteiger partial charge in [-0.3, -0.25) is 5.84 Å².